The third-order valence-corrected chi connectivity index (χ3v) is 3.97. The number of fused-ring (bicyclic) bond motifs is 1. The smallest absolute Gasteiger partial charge is 0.387 e. The van der Waals surface area contributed by atoms with Crippen LogP contribution in [-0.4, -0.2) is 34.4 Å². The largest absolute Gasteiger partial charge is 0.434 e. The van der Waals surface area contributed by atoms with Crippen LogP contribution >= 0.6 is 0 Å². The van der Waals surface area contributed by atoms with Gasteiger partial charge in [0.1, 0.15) is 11.6 Å². The molecule has 0 saturated heterocycles. The maximum Gasteiger partial charge on any atom is 0.387 e. The van der Waals surface area contributed by atoms with Crippen molar-refractivity contribution < 1.29 is 18.3 Å². The summed E-state index contributed by atoms with van der Waals surface area (Å²) in [7, 11) is 1.55. The van der Waals surface area contributed by atoms with E-state index in [1.807, 2.05) is 0 Å². The number of hydrogen-bond donors (Lipinski definition) is 1. The Hall–Kier alpha value is -3.55. The summed E-state index contributed by atoms with van der Waals surface area (Å²) < 4.78 is 29.3. The normalized spacial score (nSPS) is 11.3. The summed E-state index contributed by atoms with van der Waals surface area (Å²) in [6.45, 7) is -2.87. The number of ether oxygens (including phenoxy) is 1. The minimum atomic E-state index is -2.95. The van der Waals surface area contributed by atoms with Crippen molar-refractivity contribution in [1.82, 2.24) is 14.9 Å². The highest BCUT2D eigenvalue weighted by atomic mass is 19.3. The second-order valence-electron chi connectivity index (χ2n) is 5.97. The zero-order valence-electron chi connectivity index (χ0n) is 14.9. The molecule has 3 aromatic rings. The molecule has 2 aromatic carbocycles. The molecule has 1 aromatic heterocycles. The predicted octanol–water partition coefficient (Wildman–Crippen LogP) is 3.20. The zero-order valence-corrected chi connectivity index (χ0v) is 14.9. The molecule has 28 heavy (non-hydrogen) atoms. The van der Waals surface area contributed by atoms with E-state index < -0.39 is 6.61 Å². The SMILES string of the molecule is CN(Cc1nc2ccccc2c(=O)[nH]1)C(=O)/C=C/c1ccccc1OC(F)F. The Bertz CT molecular complexity index is 1080. The van der Waals surface area contributed by atoms with Crippen LogP contribution in [0, 0.1) is 0 Å². The van der Waals surface area contributed by atoms with Gasteiger partial charge in [0.05, 0.1) is 17.4 Å². The minimum Gasteiger partial charge on any atom is -0.434 e. The quantitative estimate of drug-likeness (QED) is 0.662. The molecular formula is C20H17F2N3O3. The van der Waals surface area contributed by atoms with Gasteiger partial charge in [-0.2, -0.15) is 8.78 Å². The summed E-state index contributed by atoms with van der Waals surface area (Å²) in [4.78, 5) is 32.8. The highest BCUT2D eigenvalue weighted by molar-refractivity contribution is 5.92. The van der Waals surface area contributed by atoms with Crippen LogP contribution in [0.2, 0.25) is 0 Å². The number of hydrogen-bond acceptors (Lipinski definition) is 4. The first kappa shape index (κ1) is 19.2. The van der Waals surface area contributed by atoms with Crippen LogP contribution < -0.4 is 10.3 Å². The number of aromatic amines is 1. The number of likely N-dealkylation sites (N-methyl/N-ethyl adjacent to an activating group) is 1. The monoisotopic (exact) mass is 385 g/mol. The van der Waals surface area contributed by atoms with E-state index in [-0.39, 0.29) is 23.8 Å². The summed E-state index contributed by atoms with van der Waals surface area (Å²) in [6, 6.07) is 13.1. The summed E-state index contributed by atoms with van der Waals surface area (Å²) in [5.74, 6) is -0.0678. The minimum absolute atomic E-state index is 0.0234. The average molecular weight is 385 g/mol. The summed E-state index contributed by atoms with van der Waals surface area (Å²) in [6.07, 6.45) is 2.64. The van der Waals surface area contributed by atoms with E-state index in [0.717, 1.165) is 0 Å². The first-order chi connectivity index (χ1) is 13.4. The molecule has 0 bridgehead atoms. The lowest BCUT2D eigenvalue weighted by Crippen LogP contribution is -2.26. The van der Waals surface area contributed by atoms with E-state index in [1.165, 1.54) is 23.1 Å². The Morgan fingerprint density at radius 2 is 1.93 bits per heavy atom. The Kier molecular flexibility index (Phi) is 5.78. The molecule has 1 amide bonds. The zero-order chi connectivity index (χ0) is 20.1. The van der Waals surface area contributed by atoms with E-state index in [9.17, 15) is 18.4 Å². The number of rotatable bonds is 6. The van der Waals surface area contributed by atoms with E-state index in [1.54, 1.807) is 49.5 Å². The van der Waals surface area contributed by atoms with Crippen LogP contribution in [0.15, 0.2) is 59.4 Å². The van der Waals surface area contributed by atoms with Gasteiger partial charge in [0.25, 0.3) is 5.56 Å². The molecule has 0 radical (unpaired) electrons. The molecule has 0 aliphatic heterocycles. The van der Waals surface area contributed by atoms with Gasteiger partial charge >= 0.3 is 6.61 Å². The fourth-order valence-corrected chi connectivity index (χ4v) is 2.62. The Balaban J connectivity index is 1.73. The number of nitrogens with zero attached hydrogens (tertiary/aromatic N) is 2. The summed E-state index contributed by atoms with van der Waals surface area (Å²) in [5.41, 5.74) is 0.604. The fourth-order valence-electron chi connectivity index (χ4n) is 2.62. The molecule has 0 saturated carbocycles. The molecule has 0 aliphatic rings. The lowest BCUT2D eigenvalue weighted by Gasteiger charge is -2.14. The number of alkyl halides is 2. The predicted molar refractivity (Wildman–Crippen MR) is 101 cm³/mol. The molecule has 0 fully saturated rings. The molecule has 0 spiro atoms. The Labute approximate surface area is 159 Å². The van der Waals surface area contributed by atoms with Crippen LogP contribution in [0.4, 0.5) is 8.78 Å². The van der Waals surface area contributed by atoms with Crippen molar-refractivity contribution in [2.45, 2.75) is 13.2 Å². The molecule has 6 nitrogen and oxygen atoms in total. The van der Waals surface area contributed by atoms with Gasteiger partial charge in [-0.25, -0.2) is 4.98 Å². The molecule has 0 unspecified atom stereocenters. The van der Waals surface area contributed by atoms with Crippen LogP contribution in [0.5, 0.6) is 5.75 Å². The standard InChI is InChI=1S/C20H17F2N3O3/c1-25(12-17-23-15-8-4-3-7-14(15)19(27)24-17)18(26)11-10-13-6-2-5-9-16(13)28-20(21)22/h2-11,20H,12H2,1H3,(H,23,24,27)/b11-10+. The molecule has 8 heteroatoms. The van der Waals surface area contributed by atoms with Crippen molar-refractivity contribution in [2.75, 3.05) is 7.05 Å². The lowest BCUT2D eigenvalue weighted by molar-refractivity contribution is -0.125. The second-order valence-corrected chi connectivity index (χ2v) is 5.97. The van der Waals surface area contributed by atoms with E-state index in [0.29, 0.717) is 22.3 Å². The molecule has 3 rings (SSSR count). The van der Waals surface area contributed by atoms with E-state index in [4.69, 9.17) is 0 Å². The fraction of sp³-hybridized carbons (Fsp3) is 0.150. The first-order valence-electron chi connectivity index (χ1n) is 8.39. The number of carbonyl (C=O) groups is 1. The van der Waals surface area contributed by atoms with Gasteiger partial charge < -0.3 is 14.6 Å². The van der Waals surface area contributed by atoms with Crippen molar-refractivity contribution in [3.05, 3.63) is 76.3 Å². The number of carbonyl (C=O) groups excluding carboxylic acids is 1. The number of nitrogens with one attached hydrogen (secondary N) is 1. The van der Waals surface area contributed by atoms with Gasteiger partial charge in [-0.05, 0) is 24.3 Å². The second kappa shape index (κ2) is 8.43. The molecule has 144 valence electrons. The number of H-pyrrole nitrogens is 1. The van der Waals surface area contributed by atoms with E-state index >= 15 is 0 Å². The first-order valence-corrected chi connectivity index (χ1v) is 8.39. The highest BCUT2D eigenvalue weighted by Crippen LogP contribution is 2.21. The average Bonchev–Trinajstić information content (AvgIpc) is 2.66. The topological polar surface area (TPSA) is 75.3 Å². The molecule has 0 atom stereocenters. The van der Waals surface area contributed by atoms with Crippen molar-refractivity contribution in [3.63, 3.8) is 0 Å². The molecule has 1 N–H and O–H groups in total. The molecule has 1 heterocycles. The maximum atomic E-state index is 12.5. The highest BCUT2D eigenvalue weighted by Gasteiger charge is 2.11. The number of halogens is 2. The number of amides is 1. The van der Waals surface area contributed by atoms with Gasteiger partial charge in [0, 0.05) is 18.7 Å². The number of benzene rings is 2. The third-order valence-electron chi connectivity index (χ3n) is 3.97. The summed E-state index contributed by atoms with van der Waals surface area (Å²) >= 11 is 0. The molecule has 0 aliphatic carbocycles. The van der Waals surface area contributed by atoms with Gasteiger partial charge in [-0.15, -0.1) is 0 Å². The van der Waals surface area contributed by atoms with Crippen LogP contribution in [0.1, 0.15) is 11.4 Å². The van der Waals surface area contributed by atoms with Gasteiger partial charge in [0.2, 0.25) is 5.91 Å². The van der Waals surface area contributed by atoms with Gasteiger partial charge in [-0.3, -0.25) is 9.59 Å². The Morgan fingerprint density at radius 3 is 2.71 bits per heavy atom. The van der Waals surface area contributed by atoms with E-state index in [2.05, 4.69) is 14.7 Å². The number of aromatic nitrogens is 2. The Morgan fingerprint density at radius 1 is 1.21 bits per heavy atom. The van der Waals surface area contributed by atoms with Crippen LogP contribution in [0.25, 0.3) is 17.0 Å². The van der Waals surface area contributed by atoms with Crippen molar-refractivity contribution in [1.29, 1.82) is 0 Å². The molecular weight excluding hydrogens is 368 g/mol. The third kappa shape index (κ3) is 4.59. The lowest BCUT2D eigenvalue weighted by atomic mass is 10.2. The van der Waals surface area contributed by atoms with Crippen molar-refractivity contribution >= 4 is 22.9 Å². The van der Waals surface area contributed by atoms with Gasteiger partial charge in [0.15, 0.2) is 0 Å². The maximum absolute atomic E-state index is 12.5. The van der Waals surface area contributed by atoms with Gasteiger partial charge in [-0.1, -0.05) is 30.3 Å². The van der Waals surface area contributed by atoms with Crippen LogP contribution in [-0.2, 0) is 11.3 Å². The van der Waals surface area contributed by atoms with Crippen molar-refractivity contribution in [2.24, 2.45) is 0 Å². The van der Waals surface area contributed by atoms with Crippen LogP contribution in [0.3, 0.4) is 0 Å². The summed E-state index contributed by atoms with van der Waals surface area (Å²) in [5, 5.41) is 0.468. The van der Waals surface area contributed by atoms with Crippen molar-refractivity contribution in [3.8, 4) is 5.75 Å². The number of para-hydroxylation sites is 2.